The Morgan fingerprint density at radius 3 is 2.86 bits per heavy atom. The Morgan fingerprint density at radius 2 is 2.11 bits per heavy atom. The number of unbranched alkanes of at least 4 members (excludes halogenated alkanes) is 1. The Kier molecular flexibility index (Phi) is 9.61. The molecule has 7 heteroatoms. The van der Waals surface area contributed by atoms with Gasteiger partial charge in [-0.05, 0) is 43.7 Å². The van der Waals surface area contributed by atoms with Crippen molar-refractivity contribution >= 4 is 17.6 Å². The molecule has 0 amide bonds. The van der Waals surface area contributed by atoms with Crippen molar-refractivity contribution in [1.82, 2.24) is 0 Å². The van der Waals surface area contributed by atoms with E-state index in [2.05, 4.69) is 0 Å². The van der Waals surface area contributed by atoms with Gasteiger partial charge in [0.05, 0.1) is 19.3 Å². The number of esters is 1. The summed E-state index contributed by atoms with van der Waals surface area (Å²) in [5, 5.41) is 28.3. The van der Waals surface area contributed by atoms with Gasteiger partial charge in [0.25, 0.3) is 0 Å². The highest BCUT2D eigenvalue weighted by atomic mass is 35.5. The number of aliphatic hydroxyl groups is 2. The van der Waals surface area contributed by atoms with Crippen LogP contribution >= 0.6 is 11.6 Å². The van der Waals surface area contributed by atoms with Crippen molar-refractivity contribution in [2.24, 2.45) is 11.8 Å². The second kappa shape index (κ2) is 11.9. The zero-order valence-electron chi connectivity index (χ0n) is 15.9. The number of phenols is 1. The SMILES string of the molecule is O=C(CCC/C=C\C[C@@H]1[C@@H](COc2cccc(O)c2)[C@H](O)C[C@H]1Cl)OCCO. The molecule has 0 aliphatic heterocycles. The molecule has 4 atom stereocenters. The van der Waals surface area contributed by atoms with E-state index in [4.69, 9.17) is 26.2 Å². The fourth-order valence-electron chi connectivity index (χ4n) is 3.42. The lowest BCUT2D eigenvalue weighted by Crippen LogP contribution is -2.27. The van der Waals surface area contributed by atoms with Crippen LogP contribution in [0.1, 0.15) is 32.1 Å². The first-order valence-electron chi connectivity index (χ1n) is 9.66. The summed E-state index contributed by atoms with van der Waals surface area (Å²) in [7, 11) is 0. The Balaban J connectivity index is 1.75. The fourth-order valence-corrected chi connectivity index (χ4v) is 3.90. The Labute approximate surface area is 170 Å². The van der Waals surface area contributed by atoms with Crippen molar-refractivity contribution < 1.29 is 29.6 Å². The zero-order chi connectivity index (χ0) is 20.4. The molecule has 1 aliphatic carbocycles. The second-order valence-electron chi connectivity index (χ2n) is 7.00. The van der Waals surface area contributed by atoms with Crippen molar-refractivity contribution in [3.63, 3.8) is 0 Å². The van der Waals surface area contributed by atoms with E-state index in [1.54, 1.807) is 24.3 Å². The van der Waals surface area contributed by atoms with Crippen LogP contribution in [0.4, 0.5) is 0 Å². The lowest BCUT2D eigenvalue weighted by Gasteiger charge is -2.22. The molecular weight excluding hydrogens is 384 g/mol. The first-order chi connectivity index (χ1) is 13.5. The second-order valence-corrected chi connectivity index (χ2v) is 7.56. The van der Waals surface area contributed by atoms with Crippen LogP contribution in [-0.2, 0) is 9.53 Å². The molecule has 28 heavy (non-hydrogen) atoms. The number of halogens is 1. The highest BCUT2D eigenvalue weighted by molar-refractivity contribution is 6.21. The lowest BCUT2D eigenvalue weighted by atomic mass is 9.92. The third-order valence-electron chi connectivity index (χ3n) is 4.92. The fraction of sp³-hybridized carbons (Fsp3) is 0.571. The molecule has 1 saturated carbocycles. The quantitative estimate of drug-likeness (QED) is 0.224. The number of allylic oxidation sites excluding steroid dienone is 2. The number of alkyl halides is 1. The smallest absolute Gasteiger partial charge is 0.305 e. The molecule has 0 heterocycles. The van der Waals surface area contributed by atoms with Crippen LogP contribution in [0.15, 0.2) is 36.4 Å². The van der Waals surface area contributed by atoms with Gasteiger partial charge in [-0.3, -0.25) is 4.79 Å². The van der Waals surface area contributed by atoms with Gasteiger partial charge in [0.15, 0.2) is 0 Å². The van der Waals surface area contributed by atoms with E-state index in [9.17, 15) is 15.0 Å². The minimum atomic E-state index is -0.514. The number of phenolic OH excluding ortho intramolecular Hbond substituents is 1. The number of hydrogen-bond acceptors (Lipinski definition) is 6. The van der Waals surface area contributed by atoms with E-state index in [1.807, 2.05) is 12.2 Å². The molecule has 6 nitrogen and oxygen atoms in total. The normalized spacial score (nSPS) is 24.5. The first kappa shape index (κ1) is 22.5. The maximum absolute atomic E-state index is 11.3. The maximum atomic E-state index is 11.3. The molecular formula is C21H29ClO6. The van der Waals surface area contributed by atoms with Crippen LogP contribution in [0.3, 0.4) is 0 Å². The van der Waals surface area contributed by atoms with E-state index < -0.39 is 6.10 Å². The van der Waals surface area contributed by atoms with Gasteiger partial charge in [0.1, 0.15) is 18.1 Å². The molecule has 0 bridgehead atoms. The highest BCUT2D eigenvalue weighted by Gasteiger charge is 2.41. The number of hydrogen-bond donors (Lipinski definition) is 3. The molecule has 2 rings (SSSR count). The summed E-state index contributed by atoms with van der Waals surface area (Å²) in [6.07, 6.45) is 6.56. The third kappa shape index (κ3) is 7.34. The number of benzene rings is 1. The molecule has 1 aliphatic rings. The standard InChI is InChI=1S/C21H29ClO6/c22-19-13-20(25)18(14-28-16-7-5-6-15(24)12-16)17(19)8-3-1-2-4-9-21(26)27-11-10-23/h1,3,5-7,12,17-20,23-25H,2,4,8-11,13-14H2/b3-1-/t17-,18-,19-,20-/m1/s1. The summed E-state index contributed by atoms with van der Waals surface area (Å²) < 4.78 is 10.6. The topological polar surface area (TPSA) is 96.2 Å². The molecule has 0 unspecified atom stereocenters. The molecule has 0 spiro atoms. The maximum Gasteiger partial charge on any atom is 0.305 e. The van der Waals surface area contributed by atoms with Crippen molar-refractivity contribution in [2.45, 2.75) is 43.6 Å². The van der Waals surface area contributed by atoms with Gasteiger partial charge in [0, 0.05) is 23.8 Å². The molecule has 156 valence electrons. The summed E-state index contributed by atoms with van der Waals surface area (Å²) in [5.74, 6) is 0.418. The Morgan fingerprint density at radius 1 is 1.29 bits per heavy atom. The Hall–Kier alpha value is -1.76. The number of aliphatic hydroxyl groups excluding tert-OH is 2. The van der Waals surface area contributed by atoms with Crippen LogP contribution in [0.25, 0.3) is 0 Å². The monoisotopic (exact) mass is 412 g/mol. The number of carbonyl (C=O) groups is 1. The van der Waals surface area contributed by atoms with Gasteiger partial charge in [0.2, 0.25) is 0 Å². The average Bonchev–Trinajstić information content (AvgIpc) is 2.93. The number of aromatic hydroxyl groups is 1. The van der Waals surface area contributed by atoms with E-state index >= 15 is 0 Å². The third-order valence-corrected chi connectivity index (χ3v) is 5.42. The summed E-state index contributed by atoms with van der Waals surface area (Å²) in [6, 6.07) is 6.59. The molecule has 3 N–H and O–H groups in total. The molecule has 0 saturated heterocycles. The zero-order valence-corrected chi connectivity index (χ0v) is 16.6. The van der Waals surface area contributed by atoms with Crippen LogP contribution in [0, 0.1) is 11.8 Å². The Bertz CT molecular complexity index is 635. The molecule has 0 aromatic heterocycles. The van der Waals surface area contributed by atoms with Crippen molar-refractivity contribution in [1.29, 1.82) is 0 Å². The van der Waals surface area contributed by atoms with Gasteiger partial charge in [-0.2, -0.15) is 0 Å². The van der Waals surface area contributed by atoms with Gasteiger partial charge < -0.3 is 24.8 Å². The lowest BCUT2D eigenvalue weighted by molar-refractivity contribution is -0.144. The van der Waals surface area contributed by atoms with E-state index in [-0.39, 0.29) is 42.1 Å². The largest absolute Gasteiger partial charge is 0.508 e. The molecule has 1 aromatic rings. The molecule has 1 fully saturated rings. The number of carbonyl (C=O) groups excluding carboxylic acids is 1. The summed E-state index contributed by atoms with van der Waals surface area (Å²) in [4.78, 5) is 11.3. The minimum absolute atomic E-state index is 0.0435. The van der Waals surface area contributed by atoms with E-state index in [0.29, 0.717) is 31.6 Å². The van der Waals surface area contributed by atoms with Gasteiger partial charge in [-0.1, -0.05) is 18.2 Å². The van der Waals surface area contributed by atoms with Gasteiger partial charge >= 0.3 is 5.97 Å². The highest BCUT2D eigenvalue weighted by Crippen LogP contribution is 2.39. The predicted molar refractivity (Wildman–Crippen MR) is 106 cm³/mol. The minimum Gasteiger partial charge on any atom is -0.508 e. The molecule has 0 radical (unpaired) electrons. The van der Waals surface area contributed by atoms with Crippen LogP contribution < -0.4 is 4.74 Å². The van der Waals surface area contributed by atoms with Gasteiger partial charge in [-0.15, -0.1) is 11.6 Å². The predicted octanol–water partition coefficient (Wildman–Crippen LogP) is 3.03. The van der Waals surface area contributed by atoms with Crippen molar-refractivity contribution in [3.05, 3.63) is 36.4 Å². The van der Waals surface area contributed by atoms with Crippen LogP contribution in [0.2, 0.25) is 0 Å². The summed E-state index contributed by atoms with van der Waals surface area (Å²) in [5.41, 5.74) is 0. The molecule has 1 aromatic carbocycles. The van der Waals surface area contributed by atoms with E-state index in [0.717, 1.165) is 12.8 Å². The summed E-state index contributed by atoms with van der Waals surface area (Å²) in [6.45, 7) is 0.222. The van der Waals surface area contributed by atoms with E-state index in [1.165, 1.54) is 0 Å². The van der Waals surface area contributed by atoms with Crippen molar-refractivity contribution in [3.8, 4) is 11.5 Å². The van der Waals surface area contributed by atoms with Crippen molar-refractivity contribution in [2.75, 3.05) is 19.8 Å². The van der Waals surface area contributed by atoms with Gasteiger partial charge in [-0.25, -0.2) is 0 Å². The first-order valence-corrected chi connectivity index (χ1v) is 10.1. The van der Waals surface area contributed by atoms with Crippen LogP contribution in [-0.4, -0.2) is 52.6 Å². The average molecular weight is 413 g/mol. The number of rotatable bonds is 11. The van der Waals surface area contributed by atoms with Crippen LogP contribution in [0.5, 0.6) is 11.5 Å². The summed E-state index contributed by atoms with van der Waals surface area (Å²) >= 11 is 6.43. The number of ether oxygens (including phenoxy) is 2.